The van der Waals surface area contributed by atoms with Crippen molar-refractivity contribution in [3.05, 3.63) is 29.6 Å². The Morgan fingerprint density at radius 1 is 1.47 bits per heavy atom. The summed E-state index contributed by atoms with van der Waals surface area (Å²) in [5.74, 6) is 0.818. The first-order valence-electron chi connectivity index (χ1n) is 5.14. The number of hydrogen-bond donors (Lipinski definition) is 0. The molecule has 1 aromatic rings. The van der Waals surface area contributed by atoms with Gasteiger partial charge in [0.15, 0.2) is 0 Å². The fraction of sp³-hybridized carbons (Fsp3) is 0.500. The van der Waals surface area contributed by atoms with E-state index in [-0.39, 0.29) is 7.30 Å². The highest BCUT2D eigenvalue weighted by molar-refractivity contribution is 8.61. The maximum Gasteiger partial charge on any atom is 0.0302 e. The molecule has 6 atom stereocenters. The van der Waals surface area contributed by atoms with Crippen LogP contribution in [0.5, 0.6) is 0 Å². The van der Waals surface area contributed by atoms with Gasteiger partial charge in [-0.05, 0) is 41.6 Å². The second-order valence-electron chi connectivity index (χ2n) is 4.13. The fourth-order valence-electron chi connectivity index (χ4n) is 2.22. The first-order chi connectivity index (χ1) is 7.22. The molecule has 2 rings (SSSR count). The van der Waals surface area contributed by atoms with Gasteiger partial charge in [-0.1, -0.05) is 22.2 Å². The first-order valence-corrected chi connectivity index (χ1v) is 11.8. The van der Waals surface area contributed by atoms with Gasteiger partial charge in [-0.15, -0.1) is 17.9 Å². The molecule has 0 saturated heterocycles. The summed E-state index contributed by atoms with van der Waals surface area (Å²) in [5, 5.41) is 0. The summed E-state index contributed by atoms with van der Waals surface area (Å²) in [6.45, 7) is 2.39. The average molecular weight is 275 g/mol. The van der Waals surface area contributed by atoms with Crippen molar-refractivity contribution in [2.45, 2.75) is 25.4 Å². The van der Waals surface area contributed by atoms with E-state index in [2.05, 4.69) is 42.0 Å². The van der Waals surface area contributed by atoms with Crippen LogP contribution >= 0.6 is 33.1 Å². The smallest absolute Gasteiger partial charge is 0.0302 e. The van der Waals surface area contributed by atoms with Crippen LogP contribution in [-0.2, 0) is 12.8 Å². The largest absolute Gasteiger partial charge is 0.264 e. The maximum absolute atomic E-state index is 4.22. The predicted molar refractivity (Wildman–Crippen MR) is 79.3 cm³/mol. The Kier molecular flexibility index (Phi) is 4.50. The zero-order valence-corrected chi connectivity index (χ0v) is 13.1. The van der Waals surface area contributed by atoms with E-state index in [9.17, 15) is 0 Å². The van der Waals surface area contributed by atoms with E-state index < -0.39 is 0 Å². The second-order valence-corrected chi connectivity index (χ2v) is 13.7. The lowest BCUT2D eigenvalue weighted by atomic mass is 9.86. The van der Waals surface area contributed by atoms with Crippen molar-refractivity contribution < 1.29 is 0 Å². The Hall–Kier alpha value is 0.870. The summed E-state index contributed by atoms with van der Waals surface area (Å²) in [6.07, 6.45) is 6.46. The van der Waals surface area contributed by atoms with Crippen molar-refractivity contribution in [2.75, 3.05) is 0 Å². The van der Waals surface area contributed by atoms with Crippen molar-refractivity contribution in [1.82, 2.24) is 4.98 Å². The lowest BCUT2D eigenvalue weighted by molar-refractivity contribution is 0.513. The van der Waals surface area contributed by atoms with Crippen LogP contribution in [0.25, 0.3) is 0 Å². The molecule has 1 aromatic heterocycles. The van der Waals surface area contributed by atoms with Gasteiger partial charge in [-0.25, -0.2) is 0 Å². The molecule has 6 unspecified atom stereocenters. The summed E-state index contributed by atoms with van der Waals surface area (Å²) in [5.41, 5.74) is 3.89. The van der Waals surface area contributed by atoms with Crippen LogP contribution in [0.3, 0.4) is 0 Å². The molecule has 0 spiro atoms. The highest BCUT2D eigenvalue weighted by Crippen LogP contribution is 2.71. The minimum Gasteiger partial charge on any atom is -0.264 e. The molecule has 15 heavy (non-hydrogen) atoms. The molecule has 0 fully saturated rings. The van der Waals surface area contributed by atoms with Gasteiger partial charge in [0, 0.05) is 12.4 Å². The van der Waals surface area contributed by atoms with Crippen molar-refractivity contribution in [1.29, 1.82) is 0 Å². The summed E-state index contributed by atoms with van der Waals surface area (Å²) in [4.78, 5) is 4.22. The third-order valence-electron chi connectivity index (χ3n) is 3.14. The lowest BCUT2D eigenvalue weighted by Gasteiger charge is -2.34. The molecule has 0 amide bonds. The highest BCUT2D eigenvalue weighted by atomic mass is 32.6. The summed E-state index contributed by atoms with van der Waals surface area (Å²) < 4.78 is 0. The van der Waals surface area contributed by atoms with E-state index in [4.69, 9.17) is 0 Å². The molecule has 5 heteroatoms. The normalized spacial score (nSPS) is 27.9. The van der Waals surface area contributed by atoms with Gasteiger partial charge in [0.05, 0.1) is 0 Å². The molecule has 0 aliphatic heterocycles. The van der Waals surface area contributed by atoms with Crippen LogP contribution < -0.4 is 0 Å². The second kappa shape index (κ2) is 5.47. The Labute approximate surface area is 99.2 Å². The molecule has 1 aliphatic carbocycles. The average Bonchev–Trinajstić information content (AvgIpc) is 2.27. The predicted octanol–water partition coefficient (Wildman–Crippen LogP) is 3.84. The van der Waals surface area contributed by atoms with Crippen molar-refractivity contribution in [3.8, 4) is 0 Å². The van der Waals surface area contributed by atoms with Crippen LogP contribution in [0.4, 0.5) is 0 Å². The Balaban J connectivity index is 2.22. The van der Waals surface area contributed by atoms with Gasteiger partial charge < -0.3 is 0 Å². The summed E-state index contributed by atoms with van der Waals surface area (Å²) >= 11 is 0. The fourth-order valence-corrected chi connectivity index (χ4v) is 7.99. The van der Waals surface area contributed by atoms with Crippen molar-refractivity contribution >= 4 is 33.1 Å². The van der Waals surface area contributed by atoms with Crippen LogP contribution in [0.1, 0.15) is 18.1 Å². The molecular weight excluding hydrogens is 258 g/mol. The molecule has 0 saturated carbocycles. The van der Waals surface area contributed by atoms with Gasteiger partial charge in [0.1, 0.15) is 0 Å². The Morgan fingerprint density at radius 3 is 3.00 bits per heavy atom. The minimum absolute atomic E-state index is 0.127. The highest BCUT2D eigenvalue weighted by Gasteiger charge is 2.28. The lowest BCUT2D eigenvalue weighted by Crippen LogP contribution is -2.25. The van der Waals surface area contributed by atoms with Gasteiger partial charge in [0.2, 0.25) is 0 Å². The number of rotatable bonds is 2. The zero-order valence-electron chi connectivity index (χ0n) is 8.85. The first kappa shape index (κ1) is 12.3. The molecule has 1 heterocycles. The third kappa shape index (κ3) is 2.76. The molecule has 0 bridgehead atoms. The van der Waals surface area contributed by atoms with Crippen LogP contribution in [0.2, 0.25) is 0 Å². The summed E-state index contributed by atoms with van der Waals surface area (Å²) in [7, 11) is 7.14. The zero-order chi connectivity index (χ0) is 10.8. The molecule has 0 aromatic carbocycles. The van der Waals surface area contributed by atoms with E-state index in [0.717, 1.165) is 19.5 Å². The van der Waals surface area contributed by atoms with Crippen LogP contribution in [0, 0.1) is 5.92 Å². The van der Waals surface area contributed by atoms with E-state index in [1.54, 1.807) is 0 Å². The van der Waals surface area contributed by atoms with E-state index in [1.807, 2.05) is 6.20 Å². The van der Waals surface area contributed by atoms with E-state index in [1.165, 1.54) is 24.0 Å². The van der Waals surface area contributed by atoms with Gasteiger partial charge >= 0.3 is 0 Å². The molecule has 1 nitrogen and oxygen atoms in total. The Morgan fingerprint density at radius 2 is 2.27 bits per heavy atom. The monoisotopic (exact) mass is 275 g/mol. The number of fused-ring (bicyclic) bond motifs is 1. The van der Waals surface area contributed by atoms with E-state index >= 15 is 0 Å². The molecule has 0 radical (unpaired) electrons. The van der Waals surface area contributed by atoms with Crippen molar-refractivity contribution in [2.24, 2.45) is 5.92 Å². The van der Waals surface area contributed by atoms with Gasteiger partial charge in [-0.2, -0.15) is 0 Å². The molecular formula is C10H17NP4. The number of hydrogen-bond acceptors (Lipinski definition) is 1. The minimum atomic E-state index is 0.127. The Bertz CT molecular complexity index is 344. The maximum atomic E-state index is 4.22. The molecule has 1 aliphatic rings. The van der Waals surface area contributed by atoms with Gasteiger partial charge in [-0.3, -0.25) is 4.98 Å². The van der Waals surface area contributed by atoms with E-state index in [0.29, 0.717) is 0 Å². The molecule has 0 N–H and O–H groups in total. The quantitative estimate of drug-likeness (QED) is 0.747. The number of aromatic nitrogens is 1. The standard InChI is InChI=1S/C10H17NP4/c1-7-4-9-6-11-3-2-8(9)5-10(7)15(13)14-12/h2-3,6-7,10,14H,4-5,12-13H2,1H3. The van der Waals surface area contributed by atoms with Crippen LogP contribution in [0.15, 0.2) is 18.5 Å². The SMILES string of the molecule is CC1Cc2cnccc2CC1P(P)PP. The third-order valence-corrected chi connectivity index (χ3v) is 14.6. The molecule has 82 valence electrons. The van der Waals surface area contributed by atoms with Crippen molar-refractivity contribution in [3.63, 3.8) is 0 Å². The topological polar surface area (TPSA) is 12.9 Å². The number of pyridine rings is 1. The number of nitrogens with zero attached hydrogens (tertiary/aromatic N) is 1. The summed E-state index contributed by atoms with van der Waals surface area (Å²) in [6, 6.07) is 2.20. The van der Waals surface area contributed by atoms with Crippen LogP contribution in [-0.4, -0.2) is 10.6 Å². The van der Waals surface area contributed by atoms with Gasteiger partial charge in [0.25, 0.3) is 0 Å².